The predicted molar refractivity (Wildman–Crippen MR) is 106 cm³/mol. The van der Waals surface area contributed by atoms with E-state index < -0.39 is 11.9 Å². The topological polar surface area (TPSA) is 65.0 Å². The van der Waals surface area contributed by atoms with Gasteiger partial charge in [-0.15, -0.1) is 0 Å². The van der Waals surface area contributed by atoms with Crippen molar-refractivity contribution in [1.29, 1.82) is 0 Å². The average Bonchev–Trinajstić information content (AvgIpc) is 2.69. The van der Waals surface area contributed by atoms with Crippen molar-refractivity contribution in [2.75, 3.05) is 6.61 Å². The van der Waals surface area contributed by atoms with Crippen molar-refractivity contribution in [2.45, 2.75) is 40.5 Å². The summed E-state index contributed by atoms with van der Waals surface area (Å²) >= 11 is 0. The smallest absolute Gasteiger partial charge is 0.338 e. The van der Waals surface area contributed by atoms with E-state index in [9.17, 15) is 9.59 Å². The molecule has 0 fully saturated rings. The molecule has 5 nitrogen and oxygen atoms in total. The van der Waals surface area contributed by atoms with Crippen molar-refractivity contribution in [3.8, 4) is 0 Å². The van der Waals surface area contributed by atoms with E-state index in [-0.39, 0.29) is 11.9 Å². The summed E-state index contributed by atoms with van der Waals surface area (Å²) < 4.78 is 5.00. The quantitative estimate of drug-likeness (QED) is 0.292. The van der Waals surface area contributed by atoms with Crippen LogP contribution in [0.3, 0.4) is 0 Å². The highest BCUT2D eigenvalue weighted by molar-refractivity contribution is 6.01. The highest BCUT2D eigenvalue weighted by atomic mass is 16.7. The first kappa shape index (κ1) is 20.6. The first-order chi connectivity index (χ1) is 13.0. The molecule has 0 amide bonds. The molecule has 144 valence electrons. The van der Waals surface area contributed by atoms with Crippen LogP contribution in [-0.2, 0) is 19.2 Å². The zero-order valence-corrected chi connectivity index (χ0v) is 16.4. The van der Waals surface area contributed by atoms with E-state index >= 15 is 0 Å². The second-order valence-corrected chi connectivity index (χ2v) is 6.64. The Morgan fingerprint density at radius 2 is 1.74 bits per heavy atom. The van der Waals surface area contributed by atoms with Crippen LogP contribution in [0.2, 0.25) is 0 Å². The summed E-state index contributed by atoms with van der Waals surface area (Å²) in [6, 6.07) is 14.0. The van der Waals surface area contributed by atoms with Gasteiger partial charge < -0.3 is 9.57 Å². The molecule has 27 heavy (non-hydrogen) atoms. The number of carbonyl (C=O) groups excluding carboxylic acids is 2. The Kier molecular flexibility index (Phi) is 7.53. The number of benzene rings is 2. The van der Waals surface area contributed by atoms with Crippen molar-refractivity contribution < 1.29 is 19.2 Å². The zero-order valence-electron chi connectivity index (χ0n) is 16.4. The van der Waals surface area contributed by atoms with Gasteiger partial charge in [0.05, 0.1) is 24.2 Å². The van der Waals surface area contributed by atoms with Crippen LogP contribution in [0.25, 0.3) is 10.8 Å². The third-order valence-electron chi connectivity index (χ3n) is 4.59. The van der Waals surface area contributed by atoms with Crippen molar-refractivity contribution in [3.63, 3.8) is 0 Å². The molecular weight excluding hydrogens is 342 g/mol. The van der Waals surface area contributed by atoms with E-state index in [1.807, 2.05) is 49.4 Å². The fourth-order valence-corrected chi connectivity index (χ4v) is 2.89. The number of esters is 1. The van der Waals surface area contributed by atoms with E-state index in [2.05, 4.69) is 5.16 Å². The van der Waals surface area contributed by atoms with Gasteiger partial charge in [0.15, 0.2) is 0 Å². The highest BCUT2D eigenvalue weighted by Gasteiger charge is 2.25. The SMILES string of the molecule is CCOC(=O)C(C)CC(CC)C(=O)ON=C(C)c1ccc2ccccc2c1. The number of nitrogens with zero attached hydrogens (tertiary/aromatic N) is 1. The van der Waals surface area contributed by atoms with Crippen LogP contribution in [0.5, 0.6) is 0 Å². The lowest BCUT2D eigenvalue weighted by molar-refractivity contribution is -0.152. The minimum absolute atomic E-state index is 0.292. The molecule has 0 saturated carbocycles. The van der Waals surface area contributed by atoms with Gasteiger partial charge in [0, 0.05) is 0 Å². The van der Waals surface area contributed by atoms with E-state index in [4.69, 9.17) is 9.57 Å². The second-order valence-electron chi connectivity index (χ2n) is 6.64. The fraction of sp³-hybridized carbons (Fsp3) is 0.409. The minimum atomic E-state index is -0.422. The molecule has 0 aromatic heterocycles. The van der Waals surface area contributed by atoms with Crippen molar-refractivity contribution in [3.05, 3.63) is 48.0 Å². The van der Waals surface area contributed by atoms with Crippen LogP contribution in [-0.4, -0.2) is 24.3 Å². The van der Waals surface area contributed by atoms with Gasteiger partial charge in [0.1, 0.15) is 0 Å². The predicted octanol–water partition coefficient (Wildman–Crippen LogP) is 4.72. The maximum Gasteiger partial charge on any atom is 0.338 e. The first-order valence-corrected chi connectivity index (χ1v) is 9.37. The van der Waals surface area contributed by atoms with Gasteiger partial charge in [-0.1, -0.05) is 55.4 Å². The van der Waals surface area contributed by atoms with Gasteiger partial charge in [-0.2, -0.15) is 0 Å². The lowest BCUT2D eigenvalue weighted by Crippen LogP contribution is -2.23. The number of rotatable bonds is 8. The van der Waals surface area contributed by atoms with Crippen molar-refractivity contribution >= 4 is 28.4 Å². The monoisotopic (exact) mass is 369 g/mol. The Morgan fingerprint density at radius 1 is 1.04 bits per heavy atom. The lowest BCUT2D eigenvalue weighted by atomic mass is 9.94. The van der Waals surface area contributed by atoms with Crippen LogP contribution in [0.15, 0.2) is 47.6 Å². The number of fused-ring (bicyclic) bond motifs is 1. The Morgan fingerprint density at radius 3 is 2.41 bits per heavy atom. The molecule has 0 heterocycles. The number of ether oxygens (including phenoxy) is 1. The molecule has 2 rings (SSSR count). The van der Waals surface area contributed by atoms with E-state index in [0.717, 1.165) is 16.3 Å². The highest BCUT2D eigenvalue weighted by Crippen LogP contribution is 2.20. The normalized spacial score (nSPS) is 13.9. The summed E-state index contributed by atoms with van der Waals surface area (Å²) in [5.41, 5.74) is 1.52. The zero-order chi connectivity index (χ0) is 19.8. The molecule has 2 aromatic carbocycles. The molecule has 0 radical (unpaired) electrons. The summed E-state index contributed by atoms with van der Waals surface area (Å²) in [6.45, 7) is 7.56. The van der Waals surface area contributed by atoms with Crippen LogP contribution < -0.4 is 0 Å². The van der Waals surface area contributed by atoms with E-state index in [0.29, 0.717) is 25.2 Å². The largest absolute Gasteiger partial charge is 0.466 e. The molecular formula is C22H27NO4. The van der Waals surface area contributed by atoms with Gasteiger partial charge in [0.2, 0.25) is 0 Å². The summed E-state index contributed by atoms with van der Waals surface area (Å²) in [5, 5.41) is 6.26. The number of carbonyl (C=O) groups is 2. The third-order valence-corrected chi connectivity index (χ3v) is 4.59. The second kappa shape index (κ2) is 9.86. The number of hydrogen-bond acceptors (Lipinski definition) is 5. The van der Waals surface area contributed by atoms with Crippen LogP contribution >= 0.6 is 0 Å². The molecule has 0 saturated heterocycles. The van der Waals surface area contributed by atoms with Crippen LogP contribution in [0.1, 0.15) is 46.1 Å². The van der Waals surface area contributed by atoms with Crippen molar-refractivity contribution in [1.82, 2.24) is 0 Å². The molecule has 0 aliphatic rings. The van der Waals surface area contributed by atoms with E-state index in [1.54, 1.807) is 20.8 Å². The van der Waals surface area contributed by atoms with E-state index in [1.165, 1.54) is 0 Å². The molecule has 0 bridgehead atoms. The van der Waals surface area contributed by atoms with Crippen LogP contribution in [0, 0.1) is 11.8 Å². The average molecular weight is 369 g/mol. The number of hydrogen-bond donors (Lipinski definition) is 0. The third kappa shape index (κ3) is 5.64. The maximum absolute atomic E-state index is 12.4. The molecule has 5 heteroatoms. The Bertz CT molecular complexity index is 828. The Hall–Kier alpha value is -2.69. The summed E-state index contributed by atoms with van der Waals surface area (Å²) in [7, 11) is 0. The minimum Gasteiger partial charge on any atom is -0.466 e. The molecule has 2 atom stereocenters. The number of oxime groups is 1. The first-order valence-electron chi connectivity index (χ1n) is 9.37. The fourth-order valence-electron chi connectivity index (χ4n) is 2.89. The Labute approximate surface area is 160 Å². The van der Waals surface area contributed by atoms with Gasteiger partial charge in [-0.25, -0.2) is 4.79 Å². The van der Waals surface area contributed by atoms with Gasteiger partial charge in [0.25, 0.3) is 0 Å². The summed E-state index contributed by atoms with van der Waals surface area (Å²) in [5.74, 6) is -1.46. The van der Waals surface area contributed by atoms with Crippen LogP contribution in [0.4, 0.5) is 0 Å². The standard InChI is InChI=1S/C22H27NO4/c1-5-17(13-15(3)21(24)26-6-2)22(25)27-23-16(4)19-12-11-18-9-7-8-10-20(18)14-19/h7-12,14-15,17H,5-6,13H2,1-4H3. The molecule has 2 aromatic rings. The van der Waals surface area contributed by atoms with Gasteiger partial charge in [-0.3, -0.25) is 4.79 Å². The van der Waals surface area contributed by atoms with Gasteiger partial charge >= 0.3 is 11.9 Å². The summed E-state index contributed by atoms with van der Waals surface area (Å²) in [4.78, 5) is 29.3. The molecule has 0 aliphatic carbocycles. The lowest BCUT2D eigenvalue weighted by Gasteiger charge is -2.16. The Balaban J connectivity index is 2.02. The molecule has 0 aliphatic heterocycles. The van der Waals surface area contributed by atoms with Crippen molar-refractivity contribution in [2.24, 2.45) is 17.0 Å². The van der Waals surface area contributed by atoms with Gasteiger partial charge in [-0.05, 0) is 49.1 Å². The summed E-state index contributed by atoms with van der Waals surface area (Å²) in [6.07, 6.45) is 0.964. The maximum atomic E-state index is 12.4. The molecule has 0 N–H and O–H groups in total. The molecule has 0 spiro atoms. The molecule has 2 unspecified atom stereocenters.